The Morgan fingerprint density at radius 3 is 2.59 bits per heavy atom. The SMILES string of the molecule is Cc1ccc(S(C)(=O)=O)c(-c2csc(N)n2)c1. The van der Waals surface area contributed by atoms with Crippen LogP contribution in [-0.4, -0.2) is 19.7 Å². The molecule has 0 bridgehead atoms. The largest absolute Gasteiger partial charge is 0.375 e. The number of anilines is 1. The second-order valence-electron chi connectivity index (χ2n) is 3.84. The van der Waals surface area contributed by atoms with Gasteiger partial charge in [-0.3, -0.25) is 0 Å². The molecule has 0 unspecified atom stereocenters. The average molecular weight is 268 g/mol. The monoisotopic (exact) mass is 268 g/mol. The number of nitrogens with zero attached hydrogens (tertiary/aromatic N) is 1. The molecule has 0 aliphatic heterocycles. The van der Waals surface area contributed by atoms with Crippen molar-refractivity contribution in [3.8, 4) is 11.3 Å². The Hall–Kier alpha value is -1.40. The summed E-state index contributed by atoms with van der Waals surface area (Å²) < 4.78 is 23.4. The van der Waals surface area contributed by atoms with E-state index in [2.05, 4.69) is 4.98 Å². The summed E-state index contributed by atoms with van der Waals surface area (Å²) in [5, 5.41) is 2.19. The zero-order valence-corrected chi connectivity index (χ0v) is 11.1. The van der Waals surface area contributed by atoms with Gasteiger partial charge in [0.1, 0.15) is 0 Å². The minimum atomic E-state index is -3.27. The van der Waals surface area contributed by atoms with Crippen molar-refractivity contribution in [1.82, 2.24) is 4.98 Å². The minimum absolute atomic E-state index is 0.286. The Kier molecular flexibility index (Phi) is 2.92. The van der Waals surface area contributed by atoms with Crippen LogP contribution in [-0.2, 0) is 9.84 Å². The fraction of sp³-hybridized carbons (Fsp3) is 0.182. The molecule has 17 heavy (non-hydrogen) atoms. The number of hydrogen-bond acceptors (Lipinski definition) is 5. The van der Waals surface area contributed by atoms with E-state index in [1.807, 2.05) is 13.0 Å². The smallest absolute Gasteiger partial charge is 0.180 e. The molecule has 1 heterocycles. The zero-order valence-electron chi connectivity index (χ0n) is 9.47. The molecule has 0 spiro atoms. The van der Waals surface area contributed by atoms with Gasteiger partial charge >= 0.3 is 0 Å². The van der Waals surface area contributed by atoms with Crippen molar-refractivity contribution in [3.05, 3.63) is 29.1 Å². The topological polar surface area (TPSA) is 73.0 Å². The van der Waals surface area contributed by atoms with Gasteiger partial charge in [-0.25, -0.2) is 13.4 Å². The predicted octanol–water partition coefficient (Wildman–Crippen LogP) is 2.10. The molecule has 0 aliphatic rings. The maximum absolute atomic E-state index is 11.7. The van der Waals surface area contributed by atoms with Gasteiger partial charge in [-0.05, 0) is 19.1 Å². The minimum Gasteiger partial charge on any atom is -0.375 e. The van der Waals surface area contributed by atoms with Crippen LogP contribution in [0.3, 0.4) is 0 Å². The highest BCUT2D eigenvalue weighted by Crippen LogP contribution is 2.30. The summed E-state index contributed by atoms with van der Waals surface area (Å²) in [7, 11) is -3.27. The summed E-state index contributed by atoms with van der Waals surface area (Å²) in [6, 6.07) is 5.19. The quantitative estimate of drug-likeness (QED) is 0.905. The Morgan fingerprint density at radius 1 is 1.35 bits per heavy atom. The first-order chi connectivity index (χ1) is 7.88. The molecule has 1 aromatic carbocycles. The summed E-state index contributed by atoms with van der Waals surface area (Å²) in [5.41, 5.74) is 7.78. The number of benzene rings is 1. The molecule has 0 aliphatic carbocycles. The molecule has 0 atom stereocenters. The molecule has 0 fully saturated rings. The fourth-order valence-electron chi connectivity index (χ4n) is 1.58. The fourth-order valence-corrected chi connectivity index (χ4v) is 3.02. The van der Waals surface area contributed by atoms with Crippen LogP contribution in [0, 0.1) is 6.92 Å². The zero-order chi connectivity index (χ0) is 12.6. The lowest BCUT2D eigenvalue weighted by atomic mass is 10.1. The van der Waals surface area contributed by atoms with Crippen molar-refractivity contribution in [2.75, 3.05) is 12.0 Å². The summed E-state index contributed by atoms with van der Waals surface area (Å²) in [4.78, 5) is 4.41. The van der Waals surface area contributed by atoms with Gasteiger partial charge in [0.15, 0.2) is 15.0 Å². The van der Waals surface area contributed by atoms with Crippen LogP contribution in [0.1, 0.15) is 5.56 Å². The molecule has 0 saturated heterocycles. The number of aryl methyl sites for hydroxylation is 1. The van der Waals surface area contributed by atoms with E-state index < -0.39 is 9.84 Å². The van der Waals surface area contributed by atoms with Gasteiger partial charge in [-0.15, -0.1) is 11.3 Å². The van der Waals surface area contributed by atoms with Gasteiger partial charge < -0.3 is 5.73 Å². The summed E-state index contributed by atoms with van der Waals surface area (Å²) in [6.45, 7) is 1.91. The van der Waals surface area contributed by atoms with Crippen molar-refractivity contribution in [3.63, 3.8) is 0 Å². The van der Waals surface area contributed by atoms with E-state index in [1.165, 1.54) is 17.6 Å². The number of nitrogens with two attached hydrogens (primary N) is 1. The van der Waals surface area contributed by atoms with Gasteiger partial charge in [0.2, 0.25) is 0 Å². The highest BCUT2D eigenvalue weighted by molar-refractivity contribution is 7.90. The van der Waals surface area contributed by atoms with E-state index in [0.717, 1.165) is 5.56 Å². The normalized spacial score (nSPS) is 11.6. The molecule has 6 heteroatoms. The first-order valence-corrected chi connectivity index (χ1v) is 7.67. The molecule has 1 aromatic heterocycles. The molecule has 4 nitrogen and oxygen atoms in total. The van der Waals surface area contributed by atoms with Crippen molar-refractivity contribution < 1.29 is 8.42 Å². The van der Waals surface area contributed by atoms with Crippen molar-refractivity contribution >= 4 is 26.3 Å². The van der Waals surface area contributed by atoms with Gasteiger partial charge in [0.05, 0.1) is 10.6 Å². The van der Waals surface area contributed by atoms with Crippen LogP contribution in [0.25, 0.3) is 11.3 Å². The van der Waals surface area contributed by atoms with Crippen LogP contribution in [0.5, 0.6) is 0 Å². The molecule has 0 saturated carbocycles. The number of sulfone groups is 1. The highest BCUT2D eigenvalue weighted by Gasteiger charge is 2.16. The first-order valence-electron chi connectivity index (χ1n) is 4.90. The van der Waals surface area contributed by atoms with Gasteiger partial charge in [-0.2, -0.15) is 0 Å². The Morgan fingerprint density at radius 2 is 2.06 bits per heavy atom. The number of thiazole rings is 1. The third-order valence-electron chi connectivity index (χ3n) is 2.33. The lowest BCUT2D eigenvalue weighted by Crippen LogP contribution is -2.00. The average Bonchev–Trinajstić information content (AvgIpc) is 2.62. The summed E-state index contributed by atoms with van der Waals surface area (Å²) in [6.07, 6.45) is 1.19. The molecular formula is C11H12N2O2S2. The van der Waals surface area contributed by atoms with E-state index >= 15 is 0 Å². The molecule has 2 aromatic rings. The summed E-state index contributed by atoms with van der Waals surface area (Å²) >= 11 is 1.30. The second kappa shape index (κ2) is 4.12. The third kappa shape index (κ3) is 2.48. The molecular weight excluding hydrogens is 256 g/mol. The number of nitrogen functional groups attached to an aromatic ring is 1. The van der Waals surface area contributed by atoms with Crippen molar-refractivity contribution in [1.29, 1.82) is 0 Å². The predicted molar refractivity (Wildman–Crippen MR) is 69.8 cm³/mol. The lowest BCUT2D eigenvalue weighted by Gasteiger charge is -2.06. The van der Waals surface area contributed by atoms with Crippen LogP contribution in [0.4, 0.5) is 5.13 Å². The van der Waals surface area contributed by atoms with Crippen molar-refractivity contribution in [2.24, 2.45) is 0 Å². The van der Waals surface area contributed by atoms with Gasteiger partial charge in [0, 0.05) is 17.2 Å². The second-order valence-corrected chi connectivity index (χ2v) is 6.72. The standard InChI is InChI=1S/C11H12N2O2S2/c1-7-3-4-10(17(2,14)15)8(5-7)9-6-16-11(12)13-9/h3-6H,1-2H3,(H2,12,13). The van der Waals surface area contributed by atoms with Gasteiger partial charge in [0.25, 0.3) is 0 Å². The Labute approximate surface area is 104 Å². The molecule has 2 N–H and O–H groups in total. The Bertz CT molecular complexity index is 660. The van der Waals surface area contributed by atoms with Crippen molar-refractivity contribution in [2.45, 2.75) is 11.8 Å². The first kappa shape index (κ1) is 12.1. The van der Waals surface area contributed by atoms with Gasteiger partial charge in [-0.1, -0.05) is 11.6 Å². The third-order valence-corrected chi connectivity index (χ3v) is 4.16. The maximum Gasteiger partial charge on any atom is 0.180 e. The molecule has 0 amide bonds. The van der Waals surface area contributed by atoms with Crippen LogP contribution < -0.4 is 5.73 Å². The number of hydrogen-bond donors (Lipinski definition) is 1. The van der Waals surface area contributed by atoms with Crippen LogP contribution in [0.2, 0.25) is 0 Å². The maximum atomic E-state index is 11.7. The molecule has 90 valence electrons. The van der Waals surface area contributed by atoms with E-state index in [4.69, 9.17) is 5.73 Å². The van der Waals surface area contributed by atoms with Crippen LogP contribution >= 0.6 is 11.3 Å². The highest BCUT2D eigenvalue weighted by atomic mass is 32.2. The van der Waals surface area contributed by atoms with E-state index in [0.29, 0.717) is 16.4 Å². The molecule has 0 radical (unpaired) electrons. The van der Waals surface area contributed by atoms with E-state index in [-0.39, 0.29) is 4.90 Å². The van der Waals surface area contributed by atoms with E-state index in [9.17, 15) is 8.42 Å². The molecule has 2 rings (SSSR count). The van der Waals surface area contributed by atoms with E-state index in [1.54, 1.807) is 17.5 Å². The number of aromatic nitrogens is 1. The summed E-state index contributed by atoms with van der Waals surface area (Å²) in [5.74, 6) is 0. The number of rotatable bonds is 2. The van der Waals surface area contributed by atoms with Crippen LogP contribution in [0.15, 0.2) is 28.5 Å². The lowest BCUT2D eigenvalue weighted by molar-refractivity contribution is 0.602. The Balaban J connectivity index is 2.71.